The summed E-state index contributed by atoms with van der Waals surface area (Å²) in [4.78, 5) is 11.0. The molecule has 0 spiro atoms. The van der Waals surface area contributed by atoms with Gasteiger partial charge in [-0.25, -0.2) is 0 Å². The number of carbonyl (C=O) groups is 1. The molecule has 0 atom stereocenters. The number of halogens is 1. The zero-order chi connectivity index (χ0) is 16.8. The van der Waals surface area contributed by atoms with Gasteiger partial charge in [-0.3, -0.25) is 0 Å². The van der Waals surface area contributed by atoms with Crippen molar-refractivity contribution >= 4 is 23.1 Å². The third-order valence-electron chi connectivity index (χ3n) is 3.62. The molecule has 0 saturated heterocycles. The minimum Gasteiger partial charge on any atom is -0.300 e. The van der Waals surface area contributed by atoms with Gasteiger partial charge in [-0.2, -0.15) is 0 Å². The highest BCUT2D eigenvalue weighted by Gasteiger charge is 2.03. The molecule has 0 unspecified atom stereocenters. The third kappa shape index (κ3) is 5.19. The quantitative estimate of drug-likeness (QED) is 0.681. The van der Waals surface area contributed by atoms with Crippen LogP contribution in [-0.2, 0) is 4.79 Å². The number of rotatable bonds is 6. The van der Waals surface area contributed by atoms with E-state index in [2.05, 4.69) is 0 Å². The summed E-state index contributed by atoms with van der Waals surface area (Å²) >= 11 is 6.02. The molecule has 2 rings (SSSR count). The average molecular weight is 326 g/mol. The second kappa shape index (κ2) is 7.89. The summed E-state index contributed by atoms with van der Waals surface area (Å²) < 4.78 is 0. The van der Waals surface area contributed by atoms with Crippen molar-refractivity contribution in [3.8, 4) is 11.1 Å². The van der Waals surface area contributed by atoms with Crippen LogP contribution >= 0.6 is 11.6 Å². The van der Waals surface area contributed by atoms with Gasteiger partial charge < -0.3 is 10.2 Å². The Morgan fingerprint density at radius 1 is 1.04 bits per heavy atom. The summed E-state index contributed by atoms with van der Waals surface area (Å²) in [6, 6.07) is 15.6. The average Bonchev–Trinajstić information content (AvgIpc) is 2.53. The van der Waals surface area contributed by atoms with Crippen LogP contribution in [0, 0.1) is 5.41 Å². The van der Waals surface area contributed by atoms with E-state index < -0.39 is 0 Å². The van der Waals surface area contributed by atoms with Crippen molar-refractivity contribution in [3.63, 3.8) is 0 Å². The first-order chi connectivity index (χ1) is 11.0. The molecule has 1 N–H and O–H groups in total. The van der Waals surface area contributed by atoms with E-state index in [0.717, 1.165) is 22.3 Å². The van der Waals surface area contributed by atoms with Crippen molar-refractivity contribution in [3.05, 3.63) is 70.8 Å². The molecule has 2 nitrogen and oxygen atoms in total. The molecule has 0 aliphatic rings. The first-order valence-electron chi connectivity index (χ1n) is 7.57. The normalized spacial score (nSPS) is 11.3. The minimum atomic E-state index is 0.176. The lowest BCUT2D eigenvalue weighted by atomic mass is 10.0. The number of nitrogens with one attached hydrogen (secondary N) is 1. The van der Waals surface area contributed by atoms with Gasteiger partial charge in [-0.1, -0.05) is 53.6 Å². The van der Waals surface area contributed by atoms with E-state index in [9.17, 15) is 4.79 Å². The molecule has 23 heavy (non-hydrogen) atoms. The molecule has 0 aliphatic heterocycles. The summed E-state index contributed by atoms with van der Waals surface area (Å²) in [6.07, 6.45) is 3.07. The highest BCUT2D eigenvalue weighted by molar-refractivity contribution is 6.30. The second-order valence-electron chi connectivity index (χ2n) is 5.69. The standard InChI is InChI=1S/C20H20ClNO/c1-14(6-7-15(2)23)12-20(22)17-10-8-16(9-11-17)18-4-3-5-19(21)13-18/h3-5,8-13,22H,6-7H2,1-2H3/b14-12+,22-20?. The molecule has 0 bridgehead atoms. The number of Topliss-reactive ketones (excluding diaryl/α,β-unsaturated/α-hetero) is 1. The van der Waals surface area contributed by atoms with E-state index in [1.165, 1.54) is 0 Å². The number of hydrogen-bond acceptors (Lipinski definition) is 2. The summed E-state index contributed by atoms with van der Waals surface area (Å²) in [7, 11) is 0. The van der Waals surface area contributed by atoms with E-state index >= 15 is 0 Å². The van der Waals surface area contributed by atoms with Crippen LogP contribution in [0.4, 0.5) is 0 Å². The van der Waals surface area contributed by atoms with Gasteiger partial charge >= 0.3 is 0 Å². The molecule has 0 saturated carbocycles. The smallest absolute Gasteiger partial charge is 0.130 e. The summed E-state index contributed by atoms with van der Waals surface area (Å²) in [6.45, 7) is 3.55. The van der Waals surface area contributed by atoms with Gasteiger partial charge in [0.1, 0.15) is 5.78 Å². The van der Waals surface area contributed by atoms with Gasteiger partial charge in [-0.15, -0.1) is 0 Å². The highest BCUT2D eigenvalue weighted by atomic mass is 35.5. The molecule has 0 heterocycles. The zero-order valence-corrected chi connectivity index (χ0v) is 14.2. The fourth-order valence-electron chi connectivity index (χ4n) is 2.29. The number of ketones is 1. The van der Waals surface area contributed by atoms with Crippen molar-refractivity contribution in [2.45, 2.75) is 26.7 Å². The first kappa shape index (κ1) is 17.2. The van der Waals surface area contributed by atoms with Gasteiger partial charge in [0.25, 0.3) is 0 Å². The SMILES string of the molecule is CC(=O)CC/C(C)=C/C(=N)c1ccc(-c2cccc(Cl)c2)cc1. The lowest BCUT2D eigenvalue weighted by Crippen LogP contribution is -1.97. The van der Waals surface area contributed by atoms with Gasteiger partial charge in [0.15, 0.2) is 0 Å². The maximum Gasteiger partial charge on any atom is 0.130 e. The van der Waals surface area contributed by atoms with Crippen LogP contribution in [0.3, 0.4) is 0 Å². The highest BCUT2D eigenvalue weighted by Crippen LogP contribution is 2.23. The van der Waals surface area contributed by atoms with E-state index in [1.807, 2.05) is 61.5 Å². The molecular weight excluding hydrogens is 306 g/mol. The molecule has 0 radical (unpaired) electrons. The Hall–Kier alpha value is -2.19. The molecule has 2 aromatic rings. The predicted molar refractivity (Wildman–Crippen MR) is 97.4 cm³/mol. The van der Waals surface area contributed by atoms with Crippen molar-refractivity contribution in [2.24, 2.45) is 0 Å². The van der Waals surface area contributed by atoms with Crippen LogP contribution in [0.1, 0.15) is 32.3 Å². The molecular formula is C20H20ClNO. The van der Waals surface area contributed by atoms with Crippen LogP contribution in [-0.4, -0.2) is 11.5 Å². The van der Waals surface area contributed by atoms with Crippen molar-refractivity contribution < 1.29 is 4.79 Å². The second-order valence-corrected chi connectivity index (χ2v) is 6.13. The predicted octanol–water partition coefficient (Wildman–Crippen LogP) is 5.69. The molecule has 3 heteroatoms. The fourth-order valence-corrected chi connectivity index (χ4v) is 2.48. The van der Waals surface area contributed by atoms with Crippen LogP contribution < -0.4 is 0 Å². The fraction of sp³-hybridized carbons (Fsp3) is 0.200. The lowest BCUT2D eigenvalue weighted by molar-refractivity contribution is -0.116. The van der Waals surface area contributed by atoms with Crippen LogP contribution in [0.25, 0.3) is 11.1 Å². The lowest BCUT2D eigenvalue weighted by Gasteiger charge is -2.05. The van der Waals surface area contributed by atoms with E-state index in [1.54, 1.807) is 6.92 Å². The molecule has 118 valence electrons. The Bertz CT molecular complexity index is 744. The Kier molecular flexibility index (Phi) is 5.89. The van der Waals surface area contributed by atoms with Crippen LogP contribution in [0.2, 0.25) is 5.02 Å². The van der Waals surface area contributed by atoms with Gasteiger partial charge in [0, 0.05) is 11.4 Å². The van der Waals surface area contributed by atoms with E-state index in [0.29, 0.717) is 23.6 Å². The van der Waals surface area contributed by atoms with Crippen molar-refractivity contribution in [1.82, 2.24) is 0 Å². The maximum absolute atomic E-state index is 11.0. The van der Waals surface area contributed by atoms with Crippen molar-refractivity contribution in [2.75, 3.05) is 0 Å². The summed E-state index contributed by atoms with van der Waals surface area (Å²) in [5.41, 5.74) is 4.50. The van der Waals surface area contributed by atoms with E-state index in [4.69, 9.17) is 17.0 Å². The topological polar surface area (TPSA) is 40.9 Å². The Balaban J connectivity index is 2.11. The molecule has 0 amide bonds. The maximum atomic E-state index is 11.0. The monoisotopic (exact) mass is 325 g/mol. The molecule has 0 fully saturated rings. The summed E-state index contributed by atoms with van der Waals surface area (Å²) in [5.74, 6) is 0.176. The van der Waals surface area contributed by atoms with Crippen LogP contribution in [0.15, 0.2) is 60.2 Å². The number of hydrogen-bond donors (Lipinski definition) is 1. The third-order valence-corrected chi connectivity index (χ3v) is 3.85. The van der Waals surface area contributed by atoms with Crippen molar-refractivity contribution in [1.29, 1.82) is 5.41 Å². The molecule has 2 aromatic carbocycles. The number of benzene rings is 2. The Morgan fingerprint density at radius 2 is 1.74 bits per heavy atom. The first-order valence-corrected chi connectivity index (χ1v) is 7.95. The van der Waals surface area contributed by atoms with E-state index in [-0.39, 0.29) is 5.78 Å². The largest absolute Gasteiger partial charge is 0.300 e. The Labute approximate surface area is 142 Å². The number of carbonyl (C=O) groups excluding carboxylic acids is 1. The van der Waals surface area contributed by atoms with Crippen LogP contribution in [0.5, 0.6) is 0 Å². The Morgan fingerprint density at radius 3 is 2.35 bits per heavy atom. The molecule has 0 aromatic heterocycles. The number of allylic oxidation sites excluding steroid dienone is 2. The minimum absolute atomic E-state index is 0.176. The van der Waals surface area contributed by atoms with Gasteiger partial charge in [-0.05, 0) is 55.2 Å². The molecule has 0 aliphatic carbocycles. The summed E-state index contributed by atoms with van der Waals surface area (Å²) in [5, 5.41) is 8.88. The van der Waals surface area contributed by atoms with Gasteiger partial charge in [0.05, 0.1) is 5.71 Å². The zero-order valence-electron chi connectivity index (χ0n) is 13.4. The van der Waals surface area contributed by atoms with Gasteiger partial charge in [0.2, 0.25) is 0 Å².